The summed E-state index contributed by atoms with van der Waals surface area (Å²) in [6, 6.07) is 5.32. The summed E-state index contributed by atoms with van der Waals surface area (Å²) >= 11 is 5.90. The Kier molecular flexibility index (Phi) is 4.26. The molecule has 0 spiro atoms. The molecule has 1 fully saturated rings. The lowest BCUT2D eigenvalue weighted by Crippen LogP contribution is -2.12. The summed E-state index contributed by atoms with van der Waals surface area (Å²) in [6.45, 7) is 3.91. The van der Waals surface area contributed by atoms with Crippen molar-refractivity contribution in [1.82, 2.24) is 0 Å². The molecular formula is C13H17ClO3. The van der Waals surface area contributed by atoms with E-state index in [1.54, 1.807) is 25.1 Å². The van der Waals surface area contributed by atoms with Crippen LogP contribution in [-0.2, 0) is 4.74 Å². The minimum atomic E-state index is -0.580. The van der Waals surface area contributed by atoms with Crippen LogP contribution in [0.4, 0.5) is 0 Å². The van der Waals surface area contributed by atoms with E-state index in [0.29, 0.717) is 23.3 Å². The van der Waals surface area contributed by atoms with E-state index >= 15 is 0 Å². The van der Waals surface area contributed by atoms with Gasteiger partial charge in [-0.2, -0.15) is 0 Å². The van der Waals surface area contributed by atoms with Crippen molar-refractivity contribution >= 4 is 11.6 Å². The van der Waals surface area contributed by atoms with Gasteiger partial charge < -0.3 is 14.6 Å². The molecule has 1 heterocycles. The molecule has 17 heavy (non-hydrogen) atoms. The second-order valence-corrected chi connectivity index (χ2v) is 4.84. The van der Waals surface area contributed by atoms with Crippen LogP contribution in [0, 0.1) is 5.92 Å². The van der Waals surface area contributed by atoms with Gasteiger partial charge in [-0.25, -0.2) is 0 Å². The zero-order valence-electron chi connectivity index (χ0n) is 9.86. The monoisotopic (exact) mass is 256 g/mol. The molecule has 4 heteroatoms. The molecule has 3 nitrogen and oxygen atoms in total. The third-order valence-corrected chi connectivity index (χ3v) is 3.16. The zero-order valence-corrected chi connectivity index (χ0v) is 10.6. The summed E-state index contributed by atoms with van der Waals surface area (Å²) in [7, 11) is 0. The lowest BCUT2D eigenvalue weighted by Gasteiger charge is -2.15. The first-order valence-corrected chi connectivity index (χ1v) is 6.22. The topological polar surface area (TPSA) is 38.7 Å². The first-order valence-electron chi connectivity index (χ1n) is 5.85. The van der Waals surface area contributed by atoms with Crippen LogP contribution in [-0.4, -0.2) is 24.9 Å². The van der Waals surface area contributed by atoms with Crippen LogP contribution in [0.3, 0.4) is 0 Å². The SMILES string of the molecule is C[C@@H](O)c1cc(Cl)ccc1OCC1CCOC1. The highest BCUT2D eigenvalue weighted by Gasteiger charge is 2.17. The first kappa shape index (κ1) is 12.7. The van der Waals surface area contributed by atoms with Gasteiger partial charge in [-0.1, -0.05) is 11.6 Å². The number of benzene rings is 1. The molecular weight excluding hydrogens is 240 g/mol. The van der Waals surface area contributed by atoms with Gasteiger partial charge in [0.05, 0.1) is 19.3 Å². The summed E-state index contributed by atoms with van der Waals surface area (Å²) in [6.07, 6.45) is 0.459. The highest BCUT2D eigenvalue weighted by atomic mass is 35.5. The minimum absolute atomic E-state index is 0.451. The Bertz CT molecular complexity index is 373. The summed E-state index contributed by atoms with van der Waals surface area (Å²) < 4.78 is 11.0. The lowest BCUT2D eigenvalue weighted by atomic mass is 10.1. The Morgan fingerprint density at radius 2 is 2.41 bits per heavy atom. The van der Waals surface area contributed by atoms with Gasteiger partial charge in [-0.15, -0.1) is 0 Å². The van der Waals surface area contributed by atoms with Crippen LogP contribution in [0.1, 0.15) is 25.0 Å². The molecule has 1 aromatic rings. The highest BCUT2D eigenvalue weighted by molar-refractivity contribution is 6.30. The van der Waals surface area contributed by atoms with Crippen LogP contribution < -0.4 is 4.74 Å². The van der Waals surface area contributed by atoms with E-state index in [0.717, 1.165) is 25.2 Å². The molecule has 1 saturated heterocycles. The van der Waals surface area contributed by atoms with Crippen molar-refractivity contribution in [3.05, 3.63) is 28.8 Å². The maximum Gasteiger partial charge on any atom is 0.125 e. The maximum absolute atomic E-state index is 9.66. The number of hydrogen-bond donors (Lipinski definition) is 1. The molecule has 0 amide bonds. The Morgan fingerprint density at radius 1 is 1.59 bits per heavy atom. The Hall–Kier alpha value is -0.770. The molecule has 0 aliphatic carbocycles. The predicted octanol–water partition coefficient (Wildman–Crippen LogP) is 2.81. The van der Waals surface area contributed by atoms with Crippen LogP contribution >= 0.6 is 11.6 Å². The third kappa shape index (κ3) is 3.35. The largest absolute Gasteiger partial charge is 0.493 e. The molecule has 0 bridgehead atoms. The van der Waals surface area contributed by atoms with Gasteiger partial charge in [0.25, 0.3) is 0 Å². The second-order valence-electron chi connectivity index (χ2n) is 4.40. The third-order valence-electron chi connectivity index (χ3n) is 2.92. The van der Waals surface area contributed by atoms with Crippen LogP contribution in [0.5, 0.6) is 5.75 Å². The molecule has 0 saturated carbocycles. The van der Waals surface area contributed by atoms with Crippen LogP contribution in [0.15, 0.2) is 18.2 Å². The van der Waals surface area contributed by atoms with Gasteiger partial charge in [0, 0.05) is 23.1 Å². The molecule has 0 radical (unpaired) electrons. The van der Waals surface area contributed by atoms with Gasteiger partial charge in [-0.05, 0) is 31.5 Å². The van der Waals surface area contributed by atoms with E-state index in [1.807, 2.05) is 0 Å². The molecule has 0 aromatic heterocycles. The van der Waals surface area contributed by atoms with E-state index in [9.17, 15) is 5.11 Å². The maximum atomic E-state index is 9.66. The average molecular weight is 257 g/mol. The molecule has 1 unspecified atom stereocenters. The van der Waals surface area contributed by atoms with Gasteiger partial charge in [0.1, 0.15) is 5.75 Å². The van der Waals surface area contributed by atoms with Crippen molar-refractivity contribution in [3.8, 4) is 5.75 Å². The van der Waals surface area contributed by atoms with E-state index in [1.165, 1.54) is 0 Å². The lowest BCUT2D eigenvalue weighted by molar-refractivity contribution is 0.162. The number of rotatable bonds is 4. The quantitative estimate of drug-likeness (QED) is 0.900. The fourth-order valence-electron chi connectivity index (χ4n) is 1.90. The second kappa shape index (κ2) is 5.71. The number of aliphatic hydroxyl groups is 1. The minimum Gasteiger partial charge on any atom is -0.493 e. The predicted molar refractivity (Wildman–Crippen MR) is 66.5 cm³/mol. The number of aliphatic hydroxyl groups excluding tert-OH is 1. The summed E-state index contributed by atoms with van der Waals surface area (Å²) in [5.41, 5.74) is 0.733. The molecule has 94 valence electrons. The van der Waals surface area contributed by atoms with Gasteiger partial charge in [0.15, 0.2) is 0 Å². The summed E-state index contributed by atoms with van der Waals surface area (Å²) in [4.78, 5) is 0. The standard InChI is InChI=1S/C13H17ClO3/c1-9(15)12-6-11(14)2-3-13(12)17-8-10-4-5-16-7-10/h2-3,6,9-10,15H,4-5,7-8H2,1H3/t9-,10?/m1/s1. The molecule has 1 N–H and O–H groups in total. The first-order chi connectivity index (χ1) is 8.16. The Balaban J connectivity index is 2.03. The average Bonchev–Trinajstić information content (AvgIpc) is 2.80. The van der Waals surface area contributed by atoms with Crippen molar-refractivity contribution in [2.24, 2.45) is 5.92 Å². The molecule has 2 rings (SSSR count). The van der Waals surface area contributed by atoms with Crippen molar-refractivity contribution in [3.63, 3.8) is 0 Å². The van der Waals surface area contributed by atoms with E-state index in [2.05, 4.69) is 0 Å². The molecule has 2 atom stereocenters. The van der Waals surface area contributed by atoms with Gasteiger partial charge >= 0.3 is 0 Å². The fourth-order valence-corrected chi connectivity index (χ4v) is 2.08. The number of hydrogen-bond acceptors (Lipinski definition) is 3. The Labute approximate surface area is 106 Å². The van der Waals surface area contributed by atoms with Crippen molar-refractivity contribution in [1.29, 1.82) is 0 Å². The number of halogens is 1. The van der Waals surface area contributed by atoms with Crippen molar-refractivity contribution < 1.29 is 14.6 Å². The molecule has 1 aliphatic heterocycles. The van der Waals surface area contributed by atoms with Crippen molar-refractivity contribution in [2.45, 2.75) is 19.4 Å². The summed E-state index contributed by atoms with van der Waals surface area (Å²) in [5.74, 6) is 1.16. The normalized spacial score (nSPS) is 21.5. The van der Waals surface area contributed by atoms with Crippen molar-refractivity contribution in [2.75, 3.05) is 19.8 Å². The number of ether oxygens (including phenoxy) is 2. The fraction of sp³-hybridized carbons (Fsp3) is 0.538. The van der Waals surface area contributed by atoms with Gasteiger partial charge in [0.2, 0.25) is 0 Å². The van der Waals surface area contributed by atoms with E-state index in [4.69, 9.17) is 21.1 Å². The summed E-state index contributed by atoms with van der Waals surface area (Å²) in [5, 5.41) is 10.3. The van der Waals surface area contributed by atoms with E-state index < -0.39 is 6.10 Å². The highest BCUT2D eigenvalue weighted by Crippen LogP contribution is 2.29. The van der Waals surface area contributed by atoms with Gasteiger partial charge in [-0.3, -0.25) is 0 Å². The van der Waals surface area contributed by atoms with Crippen LogP contribution in [0.2, 0.25) is 5.02 Å². The van der Waals surface area contributed by atoms with Crippen LogP contribution in [0.25, 0.3) is 0 Å². The molecule has 1 aliphatic rings. The zero-order chi connectivity index (χ0) is 12.3. The smallest absolute Gasteiger partial charge is 0.125 e. The Morgan fingerprint density at radius 3 is 3.06 bits per heavy atom. The van der Waals surface area contributed by atoms with E-state index in [-0.39, 0.29) is 0 Å². The molecule has 1 aromatic carbocycles.